The van der Waals surface area contributed by atoms with Crippen LogP contribution < -0.4 is 10.2 Å². The lowest BCUT2D eigenvalue weighted by Crippen LogP contribution is -3.10. The van der Waals surface area contributed by atoms with Gasteiger partial charge >= 0.3 is 0 Å². The number of nitrogens with zero attached hydrogens (tertiary/aromatic N) is 1. The van der Waals surface area contributed by atoms with Crippen LogP contribution in [0.3, 0.4) is 0 Å². The summed E-state index contributed by atoms with van der Waals surface area (Å²) in [5, 5.41) is 14.4. The van der Waals surface area contributed by atoms with Crippen molar-refractivity contribution >= 4 is 22.2 Å². The van der Waals surface area contributed by atoms with E-state index in [-0.39, 0.29) is 5.91 Å². The number of carbonyl (C=O) groups is 1. The van der Waals surface area contributed by atoms with Gasteiger partial charge in [-0.2, -0.15) is 5.26 Å². The smallest absolute Gasteiger partial charge is 0.280 e. The maximum absolute atomic E-state index is 12.3. The molecule has 0 radical (unpaired) electrons. The van der Waals surface area contributed by atoms with Crippen LogP contribution in [0, 0.1) is 11.3 Å². The summed E-state index contributed by atoms with van der Waals surface area (Å²) >= 11 is 1.39. The fourth-order valence-electron chi connectivity index (χ4n) is 3.31. The second-order valence-electron chi connectivity index (χ2n) is 5.99. The highest BCUT2D eigenvalue weighted by molar-refractivity contribution is 7.14. The van der Waals surface area contributed by atoms with E-state index in [0.717, 1.165) is 12.8 Å². The predicted molar refractivity (Wildman–Crippen MR) is 91.5 cm³/mol. The molecule has 23 heavy (non-hydrogen) atoms. The molecule has 1 aromatic carbocycles. The Morgan fingerprint density at radius 3 is 3.09 bits per heavy atom. The molecule has 118 valence electrons. The van der Waals surface area contributed by atoms with Gasteiger partial charge in [0.2, 0.25) is 0 Å². The number of benzene rings is 1. The first-order valence-corrected chi connectivity index (χ1v) is 8.74. The van der Waals surface area contributed by atoms with Crippen molar-refractivity contribution in [1.29, 1.82) is 5.26 Å². The molecule has 1 aliphatic rings. The number of thiophene rings is 1. The number of likely N-dealkylation sites (N-methyl/N-ethyl adjacent to an activating group) is 1. The second-order valence-corrected chi connectivity index (χ2v) is 6.91. The third kappa shape index (κ3) is 3.44. The van der Waals surface area contributed by atoms with Crippen LogP contribution in [0.5, 0.6) is 0 Å². The summed E-state index contributed by atoms with van der Waals surface area (Å²) in [7, 11) is 2.08. The van der Waals surface area contributed by atoms with Gasteiger partial charge in [0, 0.05) is 12.0 Å². The predicted octanol–water partition coefficient (Wildman–Crippen LogP) is 2.15. The zero-order chi connectivity index (χ0) is 16.2. The van der Waals surface area contributed by atoms with Gasteiger partial charge in [-0.15, -0.1) is 11.3 Å². The fourth-order valence-corrected chi connectivity index (χ4v) is 4.06. The van der Waals surface area contributed by atoms with Crippen LogP contribution in [0.2, 0.25) is 0 Å². The Labute approximate surface area is 140 Å². The summed E-state index contributed by atoms with van der Waals surface area (Å²) in [6.45, 7) is 0.405. The maximum atomic E-state index is 12.3. The van der Waals surface area contributed by atoms with E-state index >= 15 is 0 Å². The highest BCUT2D eigenvalue weighted by Crippen LogP contribution is 2.27. The number of anilines is 1. The van der Waals surface area contributed by atoms with Gasteiger partial charge in [-0.3, -0.25) is 4.79 Å². The number of hydrogen-bond donors (Lipinski definition) is 2. The first-order chi connectivity index (χ1) is 11.2. The van der Waals surface area contributed by atoms with E-state index in [1.165, 1.54) is 33.8 Å². The maximum Gasteiger partial charge on any atom is 0.280 e. The standard InChI is InChI=1S/C18H19N3OS/c1-21(12-17(22)20-18-14(11-19)9-10-23-18)16-8-4-6-13-5-2-3-7-15(13)16/h2-3,5,7,9-10,16H,4,6,8,12H2,1H3,(H,20,22)/p+1/t16-/m1/s1. The molecular formula is C18H20N3OS+. The van der Waals surface area contributed by atoms with E-state index in [0.29, 0.717) is 23.2 Å². The molecule has 2 atom stereocenters. The molecule has 3 rings (SSSR count). The monoisotopic (exact) mass is 326 g/mol. The van der Waals surface area contributed by atoms with Crippen molar-refractivity contribution in [3.63, 3.8) is 0 Å². The van der Waals surface area contributed by atoms with Gasteiger partial charge in [0.15, 0.2) is 6.54 Å². The van der Waals surface area contributed by atoms with Gasteiger partial charge in [-0.1, -0.05) is 24.3 Å². The van der Waals surface area contributed by atoms with Gasteiger partial charge in [0.05, 0.1) is 12.6 Å². The van der Waals surface area contributed by atoms with E-state index in [1.807, 2.05) is 5.38 Å². The van der Waals surface area contributed by atoms with Crippen LogP contribution >= 0.6 is 11.3 Å². The van der Waals surface area contributed by atoms with E-state index in [9.17, 15) is 4.79 Å². The molecule has 0 bridgehead atoms. The largest absolute Gasteiger partial charge is 0.323 e. The number of hydrogen-bond acceptors (Lipinski definition) is 3. The lowest BCUT2D eigenvalue weighted by atomic mass is 9.87. The van der Waals surface area contributed by atoms with E-state index < -0.39 is 0 Å². The van der Waals surface area contributed by atoms with E-state index in [1.54, 1.807) is 6.07 Å². The molecular weight excluding hydrogens is 306 g/mol. The molecule has 0 aliphatic heterocycles. The molecule has 2 N–H and O–H groups in total. The van der Waals surface area contributed by atoms with Crippen molar-refractivity contribution in [1.82, 2.24) is 0 Å². The summed E-state index contributed by atoms with van der Waals surface area (Å²) in [6.07, 6.45) is 3.41. The fraction of sp³-hybridized carbons (Fsp3) is 0.333. The van der Waals surface area contributed by atoms with Crippen molar-refractivity contribution in [3.8, 4) is 6.07 Å². The summed E-state index contributed by atoms with van der Waals surface area (Å²) in [5.74, 6) is -0.0375. The molecule has 0 spiro atoms. The minimum absolute atomic E-state index is 0.0375. The lowest BCUT2D eigenvalue weighted by Gasteiger charge is -2.30. The Morgan fingerprint density at radius 2 is 2.26 bits per heavy atom. The third-order valence-electron chi connectivity index (χ3n) is 4.44. The Kier molecular flexibility index (Phi) is 4.75. The molecule has 1 unspecified atom stereocenters. The van der Waals surface area contributed by atoms with Gasteiger partial charge in [0.1, 0.15) is 17.1 Å². The molecule has 4 nitrogen and oxygen atoms in total. The van der Waals surface area contributed by atoms with Gasteiger partial charge in [0.25, 0.3) is 5.91 Å². The topological polar surface area (TPSA) is 57.3 Å². The van der Waals surface area contributed by atoms with Crippen LogP contribution in [-0.2, 0) is 11.2 Å². The first-order valence-electron chi connectivity index (χ1n) is 7.86. The van der Waals surface area contributed by atoms with Crippen molar-refractivity contribution in [2.45, 2.75) is 25.3 Å². The number of amides is 1. The summed E-state index contributed by atoms with van der Waals surface area (Å²) in [5.41, 5.74) is 3.32. The molecule has 1 aromatic heterocycles. The minimum Gasteiger partial charge on any atom is -0.323 e. The van der Waals surface area contributed by atoms with Crippen LogP contribution in [-0.4, -0.2) is 19.5 Å². The number of quaternary nitrogens is 1. The van der Waals surface area contributed by atoms with Crippen LogP contribution in [0.1, 0.15) is 35.6 Å². The zero-order valence-electron chi connectivity index (χ0n) is 13.1. The third-order valence-corrected chi connectivity index (χ3v) is 5.27. The molecule has 1 amide bonds. The van der Waals surface area contributed by atoms with Crippen molar-refractivity contribution in [2.24, 2.45) is 0 Å². The van der Waals surface area contributed by atoms with Gasteiger partial charge < -0.3 is 10.2 Å². The van der Waals surface area contributed by atoms with Gasteiger partial charge in [-0.25, -0.2) is 0 Å². The normalized spacial score (nSPS) is 17.8. The van der Waals surface area contributed by atoms with Crippen LogP contribution in [0.4, 0.5) is 5.00 Å². The average Bonchev–Trinajstić information content (AvgIpc) is 3.01. The summed E-state index contributed by atoms with van der Waals surface area (Å²) < 4.78 is 0. The highest BCUT2D eigenvalue weighted by Gasteiger charge is 2.28. The lowest BCUT2D eigenvalue weighted by molar-refractivity contribution is -0.905. The highest BCUT2D eigenvalue weighted by atomic mass is 32.1. The molecule has 5 heteroatoms. The van der Waals surface area contributed by atoms with Crippen LogP contribution in [0.25, 0.3) is 0 Å². The number of rotatable bonds is 4. The molecule has 0 saturated heterocycles. The quantitative estimate of drug-likeness (QED) is 0.904. The number of nitrogens with one attached hydrogen (secondary N) is 2. The SMILES string of the molecule is C[NH+](CC(=O)Nc1sccc1C#N)[C@@H]1CCCc2ccccc21. The summed E-state index contributed by atoms with van der Waals surface area (Å²) in [4.78, 5) is 13.5. The summed E-state index contributed by atoms with van der Waals surface area (Å²) in [6, 6.07) is 12.7. The molecule has 1 aliphatic carbocycles. The Balaban J connectivity index is 1.67. The Bertz CT molecular complexity index is 747. The minimum atomic E-state index is -0.0375. The Morgan fingerprint density at radius 1 is 1.43 bits per heavy atom. The van der Waals surface area contributed by atoms with Crippen molar-refractivity contribution in [2.75, 3.05) is 18.9 Å². The van der Waals surface area contributed by atoms with Crippen molar-refractivity contribution < 1.29 is 9.69 Å². The number of fused-ring (bicyclic) bond motifs is 1. The zero-order valence-corrected chi connectivity index (χ0v) is 14.0. The van der Waals surface area contributed by atoms with E-state index in [4.69, 9.17) is 5.26 Å². The Hall–Kier alpha value is -2.16. The van der Waals surface area contributed by atoms with Gasteiger partial charge in [-0.05, 0) is 29.9 Å². The number of carbonyl (C=O) groups excluding carboxylic acids is 1. The molecule has 2 aromatic rings. The van der Waals surface area contributed by atoms with E-state index in [2.05, 4.69) is 42.7 Å². The molecule has 0 fully saturated rings. The molecule has 0 saturated carbocycles. The number of aryl methyl sites for hydroxylation is 1. The van der Waals surface area contributed by atoms with Crippen molar-refractivity contribution in [3.05, 3.63) is 52.4 Å². The molecule has 1 heterocycles. The number of nitriles is 1. The first kappa shape index (κ1) is 15.7. The van der Waals surface area contributed by atoms with Crippen LogP contribution in [0.15, 0.2) is 35.7 Å². The second kappa shape index (κ2) is 6.95. The average molecular weight is 326 g/mol.